The lowest BCUT2D eigenvalue weighted by atomic mass is 9.98. The smallest absolute Gasteiger partial charge is 0.333 e. The van der Waals surface area contributed by atoms with Crippen LogP contribution < -0.4 is 0 Å². The van der Waals surface area contributed by atoms with Crippen LogP contribution in [-0.4, -0.2) is 12.1 Å². The molecular weight excluding hydrogens is 224 g/mol. The van der Waals surface area contributed by atoms with E-state index in [1.165, 1.54) is 38.5 Å². The van der Waals surface area contributed by atoms with Crippen LogP contribution >= 0.6 is 0 Å². The predicted molar refractivity (Wildman–Crippen MR) is 75.5 cm³/mol. The number of unbranched alkanes of at least 4 members (excludes halogenated alkanes) is 2. The Kier molecular flexibility index (Phi) is 7.79. The summed E-state index contributed by atoms with van der Waals surface area (Å²) in [5, 5.41) is 0. The molecule has 1 saturated carbocycles. The average Bonchev–Trinajstić information content (AvgIpc) is 2.32. The van der Waals surface area contributed by atoms with E-state index in [0.717, 1.165) is 31.3 Å². The summed E-state index contributed by atoms with van der Waals surface area (Å²) in [5.74, 6) is -0.100. The lowest BCUT2D eigenvalue weighted by Gasteiger charge is -2.20. The Bertz CT molecular complexity index is 260. The number of hydrogen-bond acceptors (Lipinski definition) is 2. The van der Waals surface area contributed by atoms with Crippen LogP contribution in [0.1, 0.15) is 78.1 Å². The molecule has 1 aliphatic carbocycles. The van der Waals surface area contributed by atoms with Crippen molar-refractivity contribution >= 4 is 5.97 Å². The number of carbonyl (C=O) groups excluding carboxylic acids is 1. The highest BCUT2D eigenvalue weighted by Crippen LogP contribution is 2.20. The van der Waals surface area contributed by atoms with E-state index in [4.69, 9.17) is 4.74 Å². The van der Waals surface area contributed by atoms with E-state index in [1.807, 2.05) is 13.0 Å². The SMILES string of the molecule is CCCC/C=C(\C)C(=O)OC1CCCCCCC1. The minimum Gasteiger partial charge on any atom is -0.459 e. The Hall–Kier alpha value is -0.790. The monoisotopic (exact) mass is 252 g/mol. The van der Waals surface area contributed by atoms with Gasteiger partial charge in [0.25, 0.3) is 0 Å². The van der Waals surface area contributed by atoms with E-state index in [9.17, 15) is 4.79 Å². The van der Waals surface area contributed by atoms with E-state index < -0.39 is 0 Å². The van der Waals surface area contributed by atoms with Crippen molar-refractivity contribution in [2.75, 3.05) is 0 Å². The van der Waals surface area contributed by atoms with E-state index in [1.54, 1.807) is 0 Å². The molecular formula is C16H28O2. The van der Waals surface area contributed by atoms with Gasteiger partial charge in [0, 0.05) is 5.57 Å². The van der Waals surface area contributed by atoms with E-state index in [2.05, 4.69) is 6.92 Å². The Morgan fingerprint density at radius 1 is 1.17 bits per heavy atom. The van der Waals surface area contributed by atoms with Crippen LogP contribution in [-0.2, 0) is 9.53 Å². The molecule has 18 heavy (non-hydrogen) atoms. The minimum atomic E-state index is -0.100. The number of hydrogen-bond donors (Lipinski definition) is 0. The van der Waals surface area contributed by atoms with Crippen LogP contribution in [0.5, 0.6) is 0 Å². The number of allylic oxidation sites excluding steroid dienone is 1. The zero-order valence-corrected chi connectivity index (χ0v) is 12.0. The zero-order chi connectivity index (χ0) is 13.2. The largest absolute Gasteiger partial charge is 0.459 e. The summed E-state index contributed by atoms with van der Waals surface area (Å²) in [4.78, 5) is 11.9. The topological polar surface area (TPSA) is 26.3 Å². The Morgan fingerprint density at radius 3 is 2.39 bits per heavy atom. The highest BCUT2D eigenvalue weighted by atomic mass is 16.5. The molecule has 0 aromatic heterocycles. The van der Waals surface area contributed by atoms with Crippen molar-refractivity contribution in [3.05, 3.63) is 11.6 Å². The average molecular weight is 252 g/mol. The van der Waals surface area contributed by atoms with Gasteiger partial charge in [0.1, 0.15) is 6.10 Å². The van der Waals surface area contributed by atoms with Crippen LogP contribution in [0.25, 0.3) is 0 Å². The molecule has 0 amide bonds. The van der Waals surface area contributed by atoms with Crippen LogP contribution in [0.3, 0.4) is 0 Å². The summed E-state index contributed by atoms with van der Waals surface area (Å²) in [5.41, 5.74) is 0.783. The summed E-state index contributed by atoms with van der Waals surface area (Å²) < 4.78 is 5.61. The number of rotatable bonds is 5. The highest BCUT2D eigenvalue weighted by molar-refractivity contribution is 5.87. The van der Waals surface area contributed by atoms with Gasteiger partial charge in [-0.25, -0.2) is 4.79 Å². The maximum absolute atomic E-state index is 11.9. The molecule has 1 aliphatic rings. The van der Waals surface area contributed by atoms with E-state index in [-0.39, 0.29) is 12.1 Å². The van der Waals surface area contributed by atoms with Crippen LogP contribution in [0, 0.1) is 0 Å². The van der Waals surface area contributed by atoms with Gasteiger partial charge in [-0.15, -0.1) is 0 Å². The first-order valence-electron chi connectivity index (χ1n) is 7.61. The molecule has 0 heterocycles. The fraction of sp³-hybridized carbons (Fsp3) is 0.812. The van der Waals surface area contributed by atoms with Crippen molar-refractivity contribution in [3.63, 3.8) is 0 Å². The first kappa shape index (κ1) is 15.3. The lowest BCUT2D eigenvalue weighted by molar-refractivity contribution is -0.145. The minimum absolute atomic E-state index is 0.100. The highest BCUT2D eigenvalue weighted by Gasteiger charge is 2.16. The van der Waals surface area contributed by atoms with Gasteiger partial charge in [-0.1, -0.05) is 45.1 Å². The molecule has 0 aromatic carbocycles. The fourth-order valence-electron chi connectivity index (χ4n) is 2.39. The van der Waals surface area contributed by atoms with Crippen LogP contribution in [0.15, 0.2) is 11.6 Å². The van der Waals surface area contributed by atoms with E-state index in [0.29, 0.717) is 0 Å². The molecule has 0 aromatic rings. The lowest BCUT2D eigenvalue weighted by Crippen LogP contribution is -2.19. The van der Waals surface area contributed by atoms with Crippen LogP contribution in [0.2, 0.25) is 0 Å². The molecule has 1 fully saturated rings. The van der Waals surface area contributed by atoms with E-state index >= 15 is 0 Å². The number of ether oxygens (including phenoxy) is 1. The molecule has 0 atom stereocenters. The third-order valence-corrected chi connectivity index (χ3v) is 3.66. The summed E-state index contributed by atoms with van der Waals surface area (Å²) in [7, 11) is 0. The van der Waals surface area contributed by atoms with Crippen molar-refractivity contribution in [3.8, 4) is 0 Å². The van der Waals surface area contributed by atoms with Gasteiger partial charge in [-0.05, 0) is 39.0 Å². The number of esters is 1. The molecule has 0 spiro atoms. The predicted octanol–water partition coefficient (Wildman–Crippen LogP) is 4.78. The standard InChI is InChI=1S/C16H28O2/c1-3-4-8-11-14(2)16(17)18-15-12-9-6-5-7-10-13-15/h11,15H,3-10,12-13H2,1-2H3/b14-11+. The van der Waals surface area contributed by atoms with Gasteiger partial charge in [-0.2, -0.15) is 0 Å². The molecule has 2 heteroatoms. The normalized spacial score (nSPS) is 19.1. The third-order valence-electron chi connectivity index (χ3n) is 3.66. The van der Waals surface area contributed by atoms with Gasteiger partial charge in [0.05, 0.1) is 0 Å². The van der Waals surface area contributed by atoms with Gasteiger partial charge < -0.3 is 4.74 Å². The quantitative estimate of drug-likeness (QED) is 0.400. The van der Waals surface area contributed by atoms with Crippen molar-refractivity contribution in [1.82, 2.24) is 0 Å². The Balaban J connectivity index is 2.34. The maximum Gasteiger partial charge on any atom is 0.333 e. The summed E-state index contributed by atoms with van der Waals surface area (Å²) in [6.45, 7) is 4.04. The summed E-state index contributed by atoms with van der Waals surface area (Å²) in [6.07, 6.45) is 13.9. The first-order valence-corrected chi connectivity index (χ1v) is 7.61. The molecule has 104 valence electrons. The van der Waals surface area contributed by atoms with Crippen molar-refractivity contribution in [2.45, 2.75) is 84.2 Å². The van der Waals surface area contributed by atoms with Gasteiger partial charge >= 0.3 is 5.97 Å². The van der Waals surface area contributed by atoms with Gasteiger partial charge in [0.2, 0.25) is 0 Å². The molecule has 1 rings (SSSR count). The third kappa shape index (κ3) is 6.23. The van der Waals surface area contributed by atoms with Gasteiger partial charge in [0.15, 0.2) is 0 Å². The Morgan fingerprint density at radius 2 is 1.78 bits per heavy atom. The van der Waals surface area contributed by atoms with Crippen LogP contribution in [0.4, 0.5) is 0 Å². The molecule has 0 N–H and O–H groups in total. The molecule has 0 bridgehead atoms. The second-order valence-corrected chi connectivity index (χ2v) is 5.40. The molecule has 0 aliphatic heterocycles. The molecule has 0 saturated heterocycles. The first-order chi connectivity index (χ1) is 8.74. The number of carbonyl (C=O) groups is 1. The second-order valence-electron chi connectivity index (χ2n) is 5.40. The van der Waals surface area contributed by atoms with Crippen molar-refractivity contribution < 1.29 is 9.53 Å². The molecule has 0 radical (unpaired) electrons. The summed E-state index contributed by atoms with van der Waals surface area (Å²) >= 11 is 0. The second kappa shape index (κ2) is 9.18. The zero-order valence-electron chi connectivity index (χ0n) is 12.0. The molecule has 2 nitrogen and oxygen atoms in total. The van der Waals surface area contributed by atoms with Crippen molar-refractivity contribution in [2.24, 2.45) is 0 Å². The van der Waals surface area contributed by atoms with Crippen molar-refractivity contribution in [1.29, 1.82) is 0 Å². The Labute approximate surface area is 112 Å². The summed E-state index contributed by atoms with van der Waals surface area (Å²) in [6, 6.07) is 0. The molecule has 0 unspecified atom stereocenters. The maximum atomic E-state index is 11.9. The van der Waals surface area contributed by atoms with Gasteiger partial charge in [-0.3, -0.25) is 0 Å². The fourth-order valence-corrected chi connectivity index (χ4v) is 2.39.